The summed E-state index contributed by atoms with van der Waals surface area (Å²) in [7, 11) is 0. The van der Waals surface area contributed by atoms with Crippen LogP contribution in [-0.4, -0.2) is 30.6 Å². The average molecular weight is 288 g/mol. The third-order valence-corrected chi connectivity index (χ3v) is 4.85. The molecule has 0 radical (unpaired) electrons. The van der Waals surface area contributed by atoms with Gasteiger partial charge in [-0.3, -0.25) is 4.90 Å². The molecule has 0 saturated carbocycles. The van der Waals surface area contributed by atoms with Crippen molar-refractivity contribution >= 4 is 0 Å². The summed E-state index contributed by atoms with van der Waals surface area (Å²) in [6.07, 6.45) is 3.88. The van der Waals surface area contributed by atoms with Gasteiger partial charge in [0.1, 0.15) is 0 Å². The molecule has 0 spiro atoms. The monoisotopic (exact) mass is 288 g/mol. The van der Waals surface area contributed by atoms with Gasteiger partial charge in [-0.05, 0) is 57.7 Å². The number of benzene rings is 1. The predicted molar refractivity (Wildman–Crippen MR) is 91.5 cm³/mol. The minimum Gasteiger partial charge on any atom is -0.307 e. The van der Waals surface area contributed by atoms with E-state index in [1.54, 1.807) is 0 Å². The maximum absolute atomic E-state index is 3.78. The molecule has 0 aromatic heterocycles. The first-order valence-corrected chi connectivity index (χ1v) is 8.56. The zero-order valence-electron chi connectivity index (χ0n) is 14.2. The molecule has 118 valence electrons. The summed E-state index contributed by atoms with van der Waals surface area (Å²) in [5.41, 5.74) is 1.48. The van der Waals surface area contributed by atoms with Crippen LogP contribution in [0.15, 0.2) is 30.3 Å². The predicted octanol–water partition coefficient (Wildman–Crippen LogP) is 4.02. The fourth-order valence-electron chi connectivity index (χ4n) is 3.32. The Morgan fingerprint density at radius 1 is 1.14 bits per heavy atom. The first-order chi connectivity index (χ1) is 10.0. The van der Waals surface area contributed by atoms with Crippen LogP contribution in [0.4, 0.5) is 0 Å². The van der Waals surface area contributed by atoms with Crippen LogP contribution >= 0.6 is 0 Å². The van der Waals surface area contributed by atoms with Crippen molar-refractivity contribution in [2.24, 2.45) is 5.92 Å². The lowest BCUT2D eigenvalue weighted by Gasteiger charge is -2.37. The Morgan fingerprint density at radius 2 is 1.86 bits per heavy atom. The van der Waals surface area contributed by atoms with Crippen LogP contribution in [0.1, 0.15) is 52.5 Å². The van der Waals surface area contributed by atoms with Crippen molar-refractivity contribution in [2.75, 3.05) is 19.6 Å². The molecule has 1 aliphatic rings. The highest BCUT2D eigenvalue weighted by Gasteiger charge is 2.32. The van der Waals surface area contributed by atoms with Gasteiger partial charge in [0.05, 0.1) is 5.54 Å². The topological polar surface area (TPSA) is 15.3 Å². The average Bonchev–Trinajstić information content (AvgIpc) is 2.69. The Balaban J connectivity index is 2.07. The summed E-state index contributed by atoms with van der Waals surface area (Å²) in [5.74, 6) is 0.804. The van der Waals surface area contributed by atoms with E-state index in [1.807, 2.05) is 0 Å². The fraction of sp³-hybridized carbons (Fsp3) is 0.684. The summed E-state index contributed by atoms with van der Waals surface area (Å²) >= 11 is 0. The second-order valence-electron chi connectivity index (χ2n) is 7.27. The molecule has 0 amide bonds. The molecule has 2 nitrogen and oxygen atoms in total. The Bertz CT molecular complexity index is 415. The molecule has 1 saturated heterocycles. The van der Waals surface area contributed by atoms with Crippen molar-refractivity contribution in [1.82, 2.24) is 10.2 Å². The van der Waals surface area contributed by atoms with Crippen molar-refractivity contribution in [2.45, 2.75) is 58.5 Å². The molecule has 2 heteroatoms. The van der Waals surface area contributed by atoms with Gasteiger partial charge in [0.2, 0.25) is 0 Å². The van der Waals surface area contributed by atoms with Gasteiger partial charge in [-0.25, -0.2) is 0 Å². The molecule has 0 aliphatic carbocycles. The van der Waals surface area contributed by atoms with Crippen LogP contribution in [0.25, 0.3) is 0 Å². The standard InChI is InChI=1S/C19H32N2/c1-16(2)11-12-17(3)21-14-8-13-20-19(4,15-21)18-9-6-5-7-10-18/h5-7,9-10,16-17,20H,8,11-15H2,1-4H3. The van der Waals surface area contributed by atoms with Crippen LogP contribution in [0.2, 0.25) is 0 Å². The highest BCUT2D eigenvalue weighted by atomic mass is 15.2. The zero-order chi connectivity index (χ0) is 15.3. The summed E-state index contributed by atoms with van der Waals surface area (Å²) < 4.78 is 0. The van der Waals surface area contributed by atoms with Gasteiger partial charge < -0.3 is 5.32 Å². The summed E-state index contributed by atoms with van der Waals surface area (Å²) in [6, 6.07) is 11.6. The Kier molecular flexibility index (Phi) is 5.83. The molecule has 1 aromatic rings. The molecule has 2 atom stereocenters. The van der Waals surface area contributed by atoms with E-state index in [-0.39, 0.29) is 5.54 Å². The van der Waals surface area contributed by atoms with Gasteiger partial charge in [-0.1, -0.05) is 44.2 Å². The molecular weight excluding hydrogens is 256 g/mol. The SMILES string of the molecule is CC(C)CCC(C)N1CCCNC(C)(c2ccccc2)C1. The first-order valence-electron chi connectivity index (χ1n) is 8.56. The summed E-state index contributed by atoms with van der Waals surface area (Å²) in [5, 5.41) is 3.78. The Morgan fingerprint density at radius 3 is 2.52 bits per heavy atom. The normalized spacial score (nSPS) is 25.8. The number of hydrogen-bond donors (Lipinski definition) is 1. The van der Waals surface area contributed by atoms with Crippen molar-refractivity contribution < 1.29 is 0 Å². The van der Waals surface area contributed by atoms with Gasteiger partial charge in [0.25, 0.3) is 0 Å². The number of nitrogens with zero attached hydrogens (tertiary/aromatic N) is 1. The maximum Gasteiger partial charge on any atom is 0.0535 e. The zero-order valence-corrected chi connectivity index (χ0v) is 14.2. The molecule has 2 unspecified atom stereocenters. The first kappa shape index (κ1) is 16.5. The van der Waals surface area contributed by atoms with E-state index in [0.29, 0.717) is 6.04 Å². The van der Waals surface area contributed by atoms with Crippen LogP contribution in [-0.2, 0) is 5.54 Å². The fourth-order valence-corrected chi connectivity index (χ4v) is 3.32. The lowest BCUT2D eigenvalue weighted by Crippen LogP contribution is -2.48. The van der Waals surface area contributed by atoms with E-state index in [9.17, 15) is 0 Å². The highest BCUT2D eigenvalue weighted by Crippen LogP contribution is 2.26. The third kappa shape index (κ3) is 4.55. The quantitative estimate of drug-likeness (QED) is 0.880. The van der Waals surface area contributed by atoms with Gasteiger partial charge in [-0.2, -0.15) is 0 Å². The molecule has 1 heterocycles. The van der Waals surface area contributed by atoms with Crippen molar-refractivity contribution in [1.29, 1.82) is 0 Å². The lowest BCUT2D eigenvalue weighted by molar-refractivity contribution is 0.160. The number of hydrogen-bond acceptors (Lipinski definition) is 2. The molecule has 2 rings (SSSR count). The van der Waals surface area contributed by atoms with E-state index in [1.165, 1.54) is 31.4 Å². The van der Waals surface area contributed by atoms with E-state index in [0.717, 1.165) is 19.0 Å². The van der Waals surface area contributed by atoms with Gasteiger partial charge in [-0.15, -0.1) is 0 Å². The molecule has 1 aliphatic heterocycles. The van der Waals surface area contributed by atoms with Crippen LogP contribution in [0.5, 0.6) is 0 Å². The second kappa shape index (κ2) is 7.42. The van der Waals surface area contributed by atoms with E-state index in [4.69, 9.17) is 0 Å². The summed E-state index contributed by atoms with van der Waals surface area (Å²) in [6.45, 7) is 12.8. The van der Waals surface area contributed by atoms with Crippen LogP contribution in [0.3, 0.4) is 0 Å². The third-order valence-electron chi connectivity index (χ3n) is 4.85. The lowest BCUT2D eigenvalue weighted by atomic mass is 9.91. The largest absolute Gasteiger partial charge is 0.307 e. The minimum atomic E-state index is 0.0733. The van der Waals surface area contributed by atoms with Crippen molar-refractivity contribution in [3.63, 3.8) is 0 Å². The van der Waals surface area contributed by atoms with Gasteiger partial charge >= 0.3 is 0 Å². The maximum atomic E-state index is 3.78. The van der Waals surface area contributed by atoms with Crippen LogP contribution < -0.4 is 5.32 Å². The smallest absolute Gasteiger partial charge is 0.0535 e. The molecule has 21 heavy (non-hydrogen) atoms. The van der Waals surface area contributed by atoms with Crippen molar-refractivity contribution in [3.8, 4) is 0 Å². The molecule has 1 N–H and O–H groups in total. The molecule has 1 fully saturated rings. The Labute approximate surface area is 130 Å². The summed E-state index contributed by atoms with van der Waals surface area (Å²) in [4.78, 5) is 2.69. The molecule has 0 bridgehead atoms. The van der Waals surface area contributed by atoms with Gasteiger partial charge in [0.15, 0.2) is 0 Å². The molecular formula is C19H32N2. The molecule has 1 aromatic carbocycles. The van der Waals surface area contributed by atoms with E-state index >= 15 is 0 Å². The van der Waals surface area contributed by atoms with E-state index < -0.39 is 0 Å². The minimum absolute atomic E-state index is 0.0733. The van der Waals surface area contributed by atoms with Crippen molar-refractivity contribution in [3.05, 3.63) is 35.9 Å². The van der Waals surface area contributed by atoms with E-state index in [2.05, 4.69) is 68.2 Å². The van der Waals surface area contributed by atoms with Gasteiger partial charge in [0, 0.05) is 12.6 Å². The highest BCUT2D eigenvalue weighted by molar-refractivity contribution is 5.24. The number of nitrogens with one attached hydrogen (secondary N) is 1. The van der Waals surface area contributed by atoms with Crippen LogP contribution in [0, 0.1) is 5.92 Å². The second-order valence-corrected chi connectivity index (χ2v) is 7.27. The Hall–Kier alpha value is -0.860. The number of rotatable bonds is 5.